The largest absolute Gasteiger partial charge is 0.490 e. The zero-order chi connectivity index (χ0) is 22.4. The molecule has 1 aliphatic rings. The van der Waals surface area contributed by atoms with Crippen molar-refractivity contribution in [1.82, 2.24) is 0 Å². The first-order valence-electron chi connectivity index (χ1n) is 11.8. The summed E-state index contributed by atoms with van der Waals surface area (Å²) < 4.78 is 13.1. The molecule has 0 aromatic heterocycles. The van der Waals surface area contributed by atoms with Crippen molar-refractivity contribution in [2.45, 2.75) is 104 Å². The average Bonchev–Trinajstić information content (AvgIpc) is 2.91. The molecule has 0 amide bonds. The molecule has 0 saturated carbocycles. The van der Waals surface area contributed by atoms with Gasteiger partial charge < -0.3 is 9.31 Å². The molecular formula is C26H43BO2Si. The van der Waals surface area contributed by atoms with Crippen molar-refractivity contribution in [1.29, 1.82) is 0 Å². The second-order valence-electron chi connectivity index (χ2n) is 10.2. The van der Waals surface area contributed by atoms with E-state index in [-0.39, 0.29) is 18.3 Å². The highest BCUT2D eigenvalue weighted by molar-refractivity contribution is 6.97. The van der Waals surface area contributed by atoms with Crippen LogP contribution in [0.5, 0.6) is 0 Å². The Hall–Kier alpha value is -1.10. The van der Waals surface area contributed by atoms with Gasteiger partial charge in [-0.25, -0.2) is 0 Å². The summed E-state index contributed by atoms with van der Waals surface area (Å²) >= 11 is 0. The lowest BCUT2D eigenvalue weighted by atomic mass is 9.74. The van der Waals surface area contributed by atoms with Gasteiger partial charge in [-0.15, -0.1) is 0 Å². The molecule has 0 bridgehead atoms. The Morgan fingerprint density at radius 2 is 1.47 bits per heavy atom. The molecule has 1 heterocycles. The molecule has 1 aliphatic heterocycles. The summed E-state index contributed by atoms with van der Waals surface area (Å²) in [6.07, 6.45) is 10.8. The van der Waals surface area contributed by atoms with Crippen LogP contribution in [0.1, 0.15) is 79.6 Å². The van der Waals surface area contributed by atoms with Crippen molar-refractivity contribution in [3.05, 3.63) is 53.7 Å². The molecule has 4 heteroatoms. The Morgan fingerprint density at radius 3 is 2.00 bits per heavy atom. The fourth-order valence-corrected chi connectivity index (χ4v) is 7.15. The van der Waals surface area contributed by atoms with Gasteiger partial charge in [0.1, 0.15) is 8.07 Å². The summed E-state index contributed by atoms with van der Waals surface area (Å²) in [7, 11) is -2.19. The molecule has 0 radical (unpaired) electrons. The van der Waals surface area contributed by atoms with Crippen molar-refractivity contribution < 1.29 is 9.31 Å². The van der Waals surface area contributed by atoms with Crippen molar-refractivity contribution in [2.24, 2.45) is 0 Å². The first-order chi connectivity index (χ1) is 14.1. The molecule has 0 spiro atoms. The van der Waals surface area contributed by atoms with Crippen LogP contribution in [0, 0.1) is 0 Å². The van der Waals surface area contributed by atoms with Crippen LogP contribution in [-0.2, 0) is 9.31 Å². The predicted molar refractivity (Wildman–Crippen MR) is 135 cm³/mol. The van der Waals surface area contributed by atoms with Gasteiger partial charge in [0.15, 0.2) is 0 Å². The third-order valence-corrected chi connectivity index (χ3v) is 10.7. The second kappa shape index (κ2) is 10.5. The van der Waals surface area contributed by atoms with E-state index in [1.807, 2.05) is 0 Å². The maximum Gasteiger partial charge on any atom is 0.490 e. The van der Waals surface area contributed by atoms with Gasteiger partial charge in [0, 0.05) is 0 Å². The Kier molecular flexibility index (Phi) is 8.79. The Labute approximate surface area is 187 Å². The normalized spacial score (nSPS) is 19.0. The van der Waals surface area contributed by atoms with Gasteiger partial charge in [-0.05, 0) is 39.6 Å². The van der Waals surface area contributed by atoms with Crippen LogP contribution >= 0.6 is 0 Å². The lowest BCUT2D eigenvalue weighted by Crippen LogP contribution is -2.45. The van der Waals surface area contributed by atoms with E-state index >= 15 is 0 Å². The minimum atomic E-state index is -1.91. The zero-order valence-corrected chi connectivity index (χ0v) is 21.5. The minimum Gasteiger partial charge on any atom is -0.400 e. The fraction of sp³-hybridized carbons (Fsp3) is 0.615. The second-order valence-corrected chi connectivity index (χ2v) is 14.6. The maximum absolute atomic E-state index is 6.53. The average molecular weight is 427 g/mol. The molecule has 0 N–H and O–H groups in total. The number of unbranched alkanes of at least 4 members (excludes halogenated alkanes) is 5. The molecule has 30 heavy (non-hydrogen) atoms. The fourth-order valence-electron chi connectivity index (χ4n) is 4.26. The molecule has 2 nitrogen and oxygen atoms in total. The van der Waals surface area contributed by atoms with E-state index in [0.29, 0.717) is 0 Å². The molecule has 2 rings (SSSR count). The van der Waals surface area contributed by atoms with Gasteiger partial charge >= 0.3 is 7.12 Å². The van der Waals surface area contributed by atoms with E-state index in [1.54, 1.807) is 0 Å². The van der Waals surface area contributed by atoms with Crippen molar-refractivity contribution in [3.63, 3.8) is 0 Å². The first-order valence-corrected chi connectivity index (χ1v) is 14.8. The summed E-state index contributed by atoms with van der Waals surface area (Å²) in [5.41, 5.74) is 0.670. The van der Waals surface area contributed by atoms with E-state index in [0.717, 1.165) is 6.42 Å². The Morgan fingerprint density at radius 1 is 0.933 bits per heavy atom. The smallest absolute Gasteiger partial charge is 0.400 e. The van der Waals surface area contributed by atoms with Crippen LogP contribution in [0.4, 0.5) is 0 Å². The van der Waals surface area contributed by atoms with Crippen LogP contribution in [0.3, 0.4) is 0 Å². The third-order valence-electron chi connectivity index (χ3n) is 7.06. The number of rotatable bonds is 11. The summed E-state index contributed by atoms with van der Waals surface area (Å²) in [6, 6.07) is 10.9. The van der Waals surface area contributed by atoms with Gasteiger partial charge in [0.2, 0.25) is 0 Å². The van der Waals surface area contributed by atoms with Crippen molar-refractivity contribution in [2.75, 3.05) is 0 Å². The molecule has 1 aromatic carbocycles. The monoisotopic (exact) mass is 426 g/mol. The minimum absolute atomic E-state index is 0.283. The quantitative estimate of drug-likeness (QED) is 0.215. The number of hydrogen-bond donors (Lipinski definition) is 0. The summed E-state index contributed by atoms with van der Waals surface area (Å²) in [6.45, 7) is 19.9. The lowest BCUT2D eigenvalue weighted by molar-refractivity contribution is 0.00578. The molecule has 1 saturated heterocycles. The number of hydrogen-bond acceptors (Lipinski definition) is 2. The van der Waals surface area contributed by atoms with E-state index in [1.165, 1.54) is 54.4 Å². The number of allylic oxidation sites excluding steroid dienone is 3. The SMILES string of the molecule is C=C/C(=C(/CCCCCCCC)B1OC(C)(C)C(C)(C)O1)[Si](C)(C)c1ccccc1. The standard InChI is InChI=1S/C26H43BO2Si/c1-9-11-12-13-14-18-21-23(27-28-25(3,4)26(5,6)29-27)24(10-2)30(7,8)22-19-16-15-17-20-22/h10,15-17,19-20H,2,9,11-14,18,21H2,1,3-8H3/b24-23+. The summed E-state index contributed by atoms with van der Waals surface area (Å²) in [5, 5.41) is 2.80. The van der Waals surface area contributed by atoms with Crippen LogP contribution < -0.4 is 5.19 Å². The predicted octanol–water partition coefficient (Wildman–Crippen LogP) is 7.01. The molecule has 0 unspecified atom stereocenters. The van der Waals surface area contributed by atoms with E-state index in [4.69, 9.17) is 9.31 Å². The number of benzene rings is 1. The highest BCUT2D eigenvalue weighted by atomic mass is 28.3. The maximum atomic E-state index is 6.53. The van der Waals surface area contributed by atoms with E-state index in [9.17, 15) is 0 Å². The summed E-state index contributed by atoms with van der Waals surface area (Å²) in [4.78, 5) is 0. The first kappa shape index (κ1) is 25.2. The highest BCUT2D eigenvalue weighted by Crippen LogP contribution is 2.41. The van der Waals surface area contributed by atoms with Gasteiger partial charge in [0.05, 0.1) is 11.2 Å². The molecular weight excluding hydrogens is 383 g/mol. The van der Waals surface area contributed by atoms with Crippen LogP contribution in [0.2, 0.25) is 13.1 Å². The Bertz CT molecular complexity index is 706. The molecule has 0 aliphatic carbocycles. The van der Waals surface area contributed by atoms with Crippen LogP contribution in [-0.4, -0.2) is 26.4 Å². The molecule has 0 atom stereocenters. The Balaban J connectivity index is 2.36. The molecule has 1 fully saturated rings. The summed E-state index contributed by atoms with van der Waals surface area (Å²) in [5.74, 6) is 0. The highest BCUT2D eigenvalue weighted by Gasteiger charge is 2.53. The van der Waals surface area contributed by atoms with Crippen molar-refractivity contribution >= 4 is 20.4 Å². The van der Waals surface area contributed by atoms with E-state index in [2.05, 4.69) is 90.7 Å². The van der Waals surface area contributed by atoms with Gasteiger partial charge in [-0.2, -0.15) is 0 Å². The van der Waals surface area contributed by atoms with Crippen molar-refractivity contribution in [3.8, 4) is 0 Å². The topological polar surface area (TPSA) is 18.5 Å². The van der Waals surface area contributed by atoms with E-state index < -0.39 is 8.07 Å². The lowest BCUT2D eigenvalue weighted by Gasteiger charge is -2.32. The van der Waals surface area contributed by atoms with Crippen LogP contribution in [0.15, 0.2) is 53.7 Å². The van der Waals surface area contributed by atoms with Gasteiger partial charge in [-0.1, -0.05) is 112 Å². The zero-order valence-electron chi connectivity index (χ0n) is 20.5. The van der Waals surface area contributed by atoms with Crippen LogP contribution in [0.25, 0.3) is 0 Å². The molecule has 166 valence electrons. The molecule has 1 aromatic rings. The third kappa shape index (κ3) is 5.78. The van der Waals surface area contributed by atoms with Gasteiger partial charge in [0.25, 0.3) is 0 Å². The van der Waals surface area contributed by atoms with Gasteiger partial charge in [-0.3, -0.25) is 0 Å².